The van der Waals surface area contributed by atoms with Gasteiger partial charge in [0, 0.05) is 25.7 Å². The van der Waals surface area contributed by atoms with Gasteiger partial charge in [0.25, 0.3) is 0 Å². The first kappa shape index (κ1) is 102. The van der Waals surface area contributed by atoms with Gasteiger partial charge in [-0.3, -0.25) is 37.3 Å². The Morgan fingerprint density at radius 1 is 0.269 bits per heavy atom. The molecule has 0 aromatic rings. The Hall–Kier alpha value is -1.94. The number of esters is 4. The molecule has 0 bridgehead atoms. The Morgan fingerprint density at radius 3 is 0.683 bits per heavy atom. The zero-order chi connectivity index (χ0) is 76.7. The highest BCUT2D eigenvalue weighted by Gasteiger charge is 2.30. The average molecular weight is 1520 g/mol. The normalized spacial score (nSPS) is 14.2. The van der Waals surface area contributed by atoms with Crippen molar-refractivity contribution in [2.24, 2.45) is 23.7 Å². The van der Waals surface area contributed by atoms with Crippen molar-refractivity contribution in [3.8, 4) is 0 Å². The minimum Gasteiger partial charge on any atom is -0.462 e. The van der Waals surface area contributed by atoms with Gasteiger partial charge in [0.1, 0.15) is 19.3 Å². The van der Waals surface area contributed by atoms with Crippen molar-refractivity contribution < 1.29 is 80.2 Å². The standard InChI is InChI=1S/C85H166O17P2/c1-9-78(8)64-56-48-40-31-27-23-19-15-11-13-17-21-25-29-33-42-51-59-67-84(89)101-81(72-96-83(88)66-58-50-44-36-39-47-55-63-77(6)7)74-100-104(93,94)98-70-79(86)69-97-103(91,92)99-73-80(102-85(90)68-60-52-43-35-34-38-46-54-62-76(4)5)71-95-82(87)65-57-49-41-32-28-24-20-16-12-10-14-18-22-26-30-37-45-53-61-75(2)3/h75-81,86H,9-74H2,1-8H3,(H,91,92)(H,93,94)/t78?,79?,80-,81-/m1/s1. The van der Waals surface area contributed by atoms with E-state index in [0.29, 0.717) is 37.5 Å². The largest absolute Gasteiger partial charge is 0.472 e. The van der Waals surface area contributed by atoms with Gasteiger partial charge in [0.05, 0.1) is 26.4 Å². The summed E-state index contributed by atoms with van der Waals surface area (Å²) in [5.41, 5.74) is 0. The van der Waals surface area contributed by atoms with E-state index in [9.17, 15) is 43.2 Å². The molecule has 0 rings (SSSR count). The summed E-state index contributed by atoms with van der Waals surface area (Å²) in [5, 5.41) is 10.7. The van der Waals surface area contributed by atoms with Crippen LogP contribution in [0.25, 0.3) is 0 Å². The fraction of sp³-hybridized carbons (Fsp3) is 0.953. The van der Waals surface area contributed by atoms with Gasteiger partial charge >= 0.3 is 39.5 Å². The molecule has 0 heterocycles. The van der Waals surface area contributed by atoms with Crippen LogP contribution in [0.2, 0.25) is 0 Å². The molecule has 0 aliphatic carbocycles. The molecule has 0 aromatic carbocycles. The van der Waals surface area contributed by atoms with Gasteiger partial charge < -0.3 is 33.8 Å². The summed E-state index contributed by atoms with van der Waals surface area (Å²) in [4.78, 5) is 73.1. The van der Waals surface area contributed by atoms with Crippen LogP contribution in [0.1, 0.15) is 441 Å². The minimum absolute atomic E-state index is 0.105. The van der Waals surface area contributed by atoms with E-state index in [4.69, 9.17) is 37.0 Å². The fourth-order valence-electron chi connectivity index (χ4n) is 13.1. The molecule has 0 saturated heterocycles. The monoisotopic (exact) mass is 1520 g/mol. The first-order valence-corrected chi connectivity index (χ1v) is 46.7. The molecule has 0 fully saturated rings. The van der Waals surface area contributed by atoms with Crippen molar-refractivity contribution in [1.29, 1.82) is 0 Å². The van der Waals surface area contributed by atoms with E-state index in [2.05, 4.69) is 55.4 Å². The summed E-state index contributed by atoms with van der Waals surface area (Å²) in [6, 6.07) is 0. The van der Waals surface area contributed by atoms with Crippen molar-refractivity contribution in [2.45, 2.75) is 459 Å². The molecule has 0 spiro atoms. The maximum Gasteiger partial charge on any atom is 0.472 e. The van der Waals surface area contributed by atoms with Crippen molar-refractivity contribution in [1.82, 2.24) is 0 Å². The third-order valence-corrected chi connectivity index (χ3v) is 22.1. The maximum atomic E-state index is 13.1. The quantitative estimate of drug-likeness (QED) is 0.0222. The number of carbonyl (C=O) groups excluding carboxylic acids is 4. The number of aliphatic hydroxyl groups excluding tert-OH is 1. The van der Waals surface area contributed by atoms with Crippen molar-refractivity contribution >= 4 is 39.5 Å². The summed E-state index contributed by atoms with van der Waals surface area (Å²) >= 11 is 0. The molecule has 0 aliphatic rings. The molecule has 3 N–H and O–H groups in total. The number of phosphoric acid groups is 2. The van der Waals surface area contributed by atoms with Gasteiger partial charge in [-0.05, 0) is 49.4 Å². The van der Waals surface area contributed by atoms with Crippen LogP contribution in [-0.4, -0.2) is 96.7 Å². The number of unbranched alkanes of at least 4 members (excludes halogenated alkanes) is 47. The second-order valence-electron chi connectivity index (χ2n) is 32.2. The molecule has 0 aromatic heterocycles. The van der Waals surface area contributed by atoms with Crippen LogP contribution in [0.4, 0.5) is 0 Å². The van der Waals surface area contributed by atoms with E-state index >= 15 is 0 Å². The van der Waals surface area contributed by atoms with Gasteiger partial charge in [-0.2, -0.15) is 0 Å². The second kappa shape index (κ2) is 73.8. The van der Waals surface area contributed by atoms with Crippen LogP contribution in [0.15, 0.2) is 0 Å². The molecular formula is C85H166O17P2. The van der Waals surface area contributed by atoms with Crippen LogP contribution >= 0.6 is 15.6 Å². The molecule has 104 heavy (non-hydrogen) atoms. The van der Waals surface area contributed by atoms with Crippen LogP contribution in [0, 0.1) is 23.7 Å². The highest BCUT2D eigenvalue weighted by molar-refractivity contribution is 7.47. The summed E-state index contributed by atoms with van der Waals surface area (Å²) in [7, 11) is -9.92. The smallest absolute Gasteiger partial charge is 0.462 e. The molecule has 0 amide bonds. The molecule has 6 atom stereocenters. The highest BCUT2D eigenvalue weighted by Crippen LogP contribution is 2.45. The van der Waals surface area contributed by atoms with Crippen LogP contribution < -0.4 is 0 Å². The van der Waals surface area contributed by atoms with Crippen LogP contribution in [0.5, 0.6) is 0 Å². The molecule has 4 unspecified atom stereocenters. The fourth-order valence-corrected chi connectivity index (χ4v) is 14.7. The van der Waals surface area contributed by atoms with Crippen molar-refractivity contribution in [3.63, 3.8) is 0 Å². The lowest BCUT2D eigenvalue weighted by molar-refractivity contribution is -0.161. The number of rotatable bonds is 82. The zero-order valence-electron chi connectivity index (χ0n) is 68.7. The molecular weight excluding hydrogens is 1350 g/mol. The van der Waals surface area contributed by atoms with Crippen molar-refractivity contribution in [2.75, 3.05) is 39.6 Å². The Kier molecular flexibility index (Phi) is 72.5. The number of phosphoric ester groups is 2. The third-order valence-electron chi connectivity index (χ3n) is 20.2. The molecule has 17 nitrogen and oxygen atoms in total. The van der Waals surface area contributed by atoms with E-state index in [1.54, 1.807) is 0 Å². The van der Waals surface area contributed by atoms with Crippen LogP contribution in [0.3, 0.4) is 0 Å². The van der Waals surface area contributed by atoms with E-state index in [0.717, 1.165) is 108 Å². The van der Waals surface area contributed by atoms with E-state index in [1.165, 1.54) is 238 Å². The second-order valence-corrected chi connectivity index (χ2v) is 35.2. The minimum atomic E-state index is -4.96. The van der Waals surface area contributed by atoms with Gasteiger partial charge in [-0.25, -0.2) is 9.13 Å². The van der Waals surface area contributed by atoms with Gasteiger partial charge in [0.15, 0.2) is 12.2 Å². The number of hydrogen-bond acceptors (Lipinski definition) is 15. The van der Waals surface area contributed by atoms with Gasteiger partial charge in [0.2, 0.25) is 0 Å². The third kappa shape index (κ3) is 76.8. The molecule has 0 saturated carbocycles. The summed E-state index contributed by atoms with van der Waals surface area (Å²) < 4.78 is 68.8. The van der Waals surface area contributed by atoms with Crippen molar-refractivity contribution in [3.05, 3.63) is 0 Å². The SMILES string of the molecule is CCC(C)CCCCCCCCCCCCCCCCCCCCC(=O)O[C@H](COC(=O)CCCCCCCCCC(C)C)COP(=O)(O)OCC(O)COP(=O)(O)OC[C@@H](COC(=O)CCCCCCCCCCCCCCCCCCCCC(C)C)OC(=O)CCCCCCCCCCC(C)C. The lowest BCUT2D eigenvalue weighted by Gasteiger charge is -2.21. The first-order chi connectivity index (χ1) is 50.1. The Labute approximate surface area is 638 Å². The van der Waals surface area contributed by atoms with E-state index < -0.39 is 97.5 Å². The Morgan fingerprint density at radius 2 is 0.462 bits per heavy atom. The lowest BCUT2D eigenvalue weighted by Crippen LogP contribution is -2.30. The summed E-state index contributed by atoms with van der Waals surface area (Å²) in [6.07, 6.45) is 62.8. The summed E-state index contributed by atoms with van der Waals surface area (Å²) in [5.74, 6) is 1.00. The van der Waals surface area contributed by atoms with Gasteiger partial charge in [-0.1, -0.05) is 389 Å². The number of hydrogen-bond donors (Lipinski definition) is 3. The summed E-state index contributed by atoms with van der Waals surface area (Å²) in [6.45, 7) is 14.3. The first-order valence-electron chi connectivity index (χ1n) is 43.7. The lowest BCUT2D eigenvalue weighted by atomic mass is 9.99. The Bertz CT molecular complexity index is 2030. The number of carbonyl (C=O) groups is 4. The predicted octanol–water partition coefficient (Wildman–Crippen LogP) is 25.6. The molecule has 0 radical (unpaired) electrons. The zero-order valence-corrected chi connectivity index (χ0v) is 70.5. The highest BCUT2D eigenvalue weighted by atomic mass is 31.2. The molecule has 19 heteroatoms. The van der Waals surface area contributed by atoms with E-state index in [-0.39, 0.29) is 25.7 Å². The average Bonchev–Trinajstić information content (AvgIpc) is 0.924. The Balaban J connectivity index is 5.12. The van der Waals surface area contributed by atoms with Crippen LogP contribution in [-0.2, 0) is 65.4 Å². The molecule has 0 aliphatic heterocycles. The molecule has 618 valence electrons. The number of aliphatic hydroxyl groups is 1. The number of ether oxygens (including phenoxy) is 4. The van der Waals surface area contributed by atoms with E-state index in [1.807, 2.05) is 0 Å². The predicted molar refractivity (Wildman–Crippen MR) is 428 cm³/mol. The van der Waals surface area contributed by atoms with Gasteiger partial charge in [-0.15, -0.1) is 0 Å². The topological polar surface area (TPSA) is 237 Å². The maximum absolute atomic E-state index is 13.1.